The second kappa shape index (κ2) is 4.63. The summed E-state index contributed by atoms with van der Waals surface area (Å²) in [5, 5.41) is 3.98. The zero-order valence-corrected chi connectivity index (χ0v) is 10.7. The first kappa shape index (κ1) is 12.9. The van der Waals surface area contributed by atoms with Gasteiger partial charge in [-0.1, -0.05) is 0 Å². The highest BCUT2D eigenvalue weighted by Crippen LogP contribution is 2.06. The summed E-state index contributed by atoms with van der Waals surface area (Å²) in [6.07, 6.45) is -1.03. The molecule has 0 radical (unpaired) electrons. The number of ether oxygens (including phenoxy) is 1. The fraction of sp³-hybridized carbons (Fsp3) is 0.364. The molecule has 1 amide bonds. The van der Waals surface area contributed by atoms with E-state index in [1.165, 1.54) is 11.4 Å². The van der Waals surface area contributed by atoms with E-state index in [1.807, 2.05) is 19.9 Å². The van der Waals surface area contributed by atoms with Crippen LogP contribution in [0.25, 0.3) is 5.78 Å². The molecule has 2 aromatic heterocycles. The number of aryl methyl sites for hydroxylation is 2. The molecule has 0 aliphatic heterocycles. The molecule has 19 heavy (non-hydrogen) atoms. The van der Waals surface area contributed by atoms with Crippen LogP contribution in [0.3, 0.4) is 0 Å². The highest BCUT2D eigenvalue weighted by Gasteiger charge is 2.21. The lowest BCUT2D eigenvalue weighted by Crippen LogP contribution is -2.30. The Balaban J connectivity index is 2.33. The Hall–Kier alpha value is -2.51. The molecule has 2 aromatic rings. The minimum absolute atomic E-state index is 0.158. The smallest absolute Gasteiger partial charge is 0.379 e. The van der Waals surface area contributed by atoms with Crippen molar-refractivity contribution in [2.45, 2.75) is 26.9 Å². The van der Waals surface area contributed by atoms with Crippen LogP contribution in [0.4, 0.5) is 0 Å². The molecule has 100 valence electrons. The van der Waals surface area contributed by atoms with E-state index in [9.17, 15) is 9.59 Å². The predicted molar refractivity (Wildman–Crippen MR) is 64.3 cm³/mol. The van der Waals surface area contributed by atoms with Gasteiger partial charge < -0.3 is 10.5 Å². The summed E-state index contributed by atoms with van der Waals surface area (Å²) in [6, 6.07) is 1.81. The number of carbonyl (C=O) groups is 2. The van der Waals surface area contributed by atoms with Crippen LogP contribution >= 0.6 is 0 Å². The van der Waals surface area contributed by atoms with Gasteiger partial charge in [-0.25, -0.2) is 14.3 Å². The fourth-order valence-corrected chi connectivity index (χ4v) is 1.52. The van der Waals surface area contributed by atoms with Gasteiger partial charge in [-0.05, 0) is 26.8 Å². The van der Waals surface area contributed by atoms with Gasteiger partial charge in [0.25, 0.3) is 17.5 Å². The van der Waals surface area contributed by atoms with E-state index >= 15 is 0 Å². The third kappa shape index (κ3) is 2.51. The molecule has 2 heterocycles. The van der Waals surface area contributed by atoms with E-state index in [4.69, 9.17) is 10.5 Å². The van der Waals surface area contributed by atoms with E-state index in [2.05, 4.69) is 15.1 Å². The van der Waals surface area contributed by atoms with Gasteiger partial charge in [-0.3, -0.25) is 4.79 Å². The SMILES string of the molecule is Cc1cc(C)n2nc(C(=O)O[C@H](C)C(N)=O)nc2n1. The summed E-state index contributed by atoms with van der Waals surface area (Å²) in [5.74, 6) is -1.40. The van der Waals surface area contributed by atoms with E-state index in [1.54, 1.807) is 0 Å². The van der Waals surface area contributed by atoms with Crippen molar-refractivity contribution in [3.05, 3.63) is 23.3 Å². The van der Waals surface area contributed by atoms with Gasteiger partial charge >= 0.3 is 5.97 Å². The summed E-state index contributed by atoms with van der Waals surface area (Å²) in [4.78, 5) is 30.7. The molecular formula is C11H13N5O3. The van der Waals surface area contributed by atoms with Crippen molar-refractivity contribution in [1.82, 2.24) is 19.6 Å². The number of amides is 1. The maximum absolute atomic E-state index is 11.7. The first-order valence-electron chi connectivity index (χ1n) is 5.60. The molecule has 8 nitrogen and oxygen atoms in total. The third-order valence-electron chi connectivity index (χ3n) is 2.49. The van der Waals surface area contributed by atoms with Gasteiger partial charge in [-0.2, -0.15) is 4.98 Å². The number of carbonyl (C=O) groups excluding carboxylic acids is 2. The number of primary amides is 1. The molecule has 2 N–H and O–H groups in total. The topological polar surface area (TPSA) is 112 Å². The first-order valence-corrected chi connectivity index (χ1v) is 5.60. The van der Waals surface area contributed by atoms with E-state index in [-0.39, 0.29) is 5.82 Å². The number of esters is 1. The zero-order chi connectivity index (χ0) is 14.2. The zero-order valence-electron chi connectivity index (χ0n) is 10.7. The Morgan fingerprint density at radius 2 is 2.05 bits per heavy atom. The predicted octanol–water partition coefficient (Wildman–Crippen LogP) is -0.228. The van der Waals surface area contributed by atoms with Crippen molar-refractivity contribution in [3.8, 4) is 0 Å². The van der Waals surface area contributed by atoms with Gasteiger partial charge in [0, 0.05) is 11.4 Å². The van der Waals surface area contributed by atoms with E-state index in [0.29, 0.717) is 5.78 Å². The molecule has 0 bridgehead atoms. The van der Waals surface area contributed by atoms with Crippen molar-refractivity contribution >= 4 is 17.7 Å². The monoisotopic (exact) mass is 263 g/mol. The summed E-state index contributed by atoms with van der Waals surface area (Å²) < 4.78 is 6.25. The number of rotatable bonds is 3. The molecule has 0 aliphatic carbocycles. The molecule has 0 unspecified atom stereocenters. The molecule has 1 atom stereocenters. The van der Waals surface area contributed by atoms with Crippen molar-refractivity contribution in [3.63, 3.8) is 0 Å². The van der Waals surface area contributed by atoms with E-state index < -0.39 is 18.0 Å². The van der Waals surface area contributed by atoms with Crippen molar-refractivity contribution in [2.75, 3.05) is 0 Å². The fourth-order valence-electron chi connectivity index (χ4n) is 1.52. The molecule has 0 fully saturated rings. The van der Waals surface area contributed by atoms with Crippen molar-refractivity contribution in [2.24, 2.45) is 5.73 Å². The van der Waals surface area contributed by atoms with Crippen LogP contribution in [-0.4, -0.2) is 37.6 Å². The van der Waals surface area contributed by atoms with Crippen LogP contribution in [0.2, 0.25) is 0 Å². The summed E-state index contributed by atoms with van der Waals surface area (Å²) >= 11 is 0. The Morgan fingerprint density at radius 3 is 2.68 bits per heavy atom. The van der Waals surface area contributed by atoms with Gasteiger partial charge in [-0.15, -0.1) is 5.10 Å². The Kier molecular flexibility index (Phi) is 3.16. The molecule has 8 heteroatoms. The maximum atomic E-state index is 11.7. The molecule has 0 spiro atoms. The number of fused-ring (bicyclic) bond motifs is 1. The van der Waals surface area contributed by atoms with E-state index in [0.717, 1.165) is 11.4 Å². The molecule has 0 saturated carbocycles. The highest BCUT2D eigenvalue weighted by atomic mass is 16.5. The summed E-state index contributed by atoms with van der Waals surface area (Å²) in [5.41, 5.74) is 6.56. The minimum Gasteiger partial charge on any atom is -0.447 e. The average Bonchev–Trinajstić information content (AvgIpc) is 2.72. The van der Waals surface area contributed by atoms with Gasteiger partial charge in [0.05, 0.1) is 0 Å². The molecule has 0 saturated heterocycles. The van der Waals surface area contributed by atoms with Crippen LogP contribution < -0.4 is 5.73 Å². The number of nitrogens with two attached hydrogens (primary N) is 1. The van der Waals surface area contributed by atoms with Gasteiger partial charge in [0.1, 0.15) is 0 Å². The van der Waals surface area contributed by atoms with Crippen molar-refractivity contribution < 1.29 is 14.3 Å². The van der Waals surface area contributed by atoms with Crippen LogP contribution in [-0.2, 0) is 9.53 Å². The first-order chi connectivity index (χ1) is 8.88. The Labute approximate surface area is 108 Å². The Bertz CT molecular complexity index is 664. The lowest BCUT2D eigenvalue weighted by Gasteiger charge is -2.06. The molecule has 0 aromatic carbocycles. The van der Waals surface area contributed by atoms with Crippen LogP contribution in [0.5, 0.6) is 0 Å². The molecule has 2 rings (SSSR count). The van der Waals surface area contributed by atoms with Gasteiger partial charge in [0.2, 0.25) is 0 Å². The normalized spacial score (nSPS) is 12.4. The molecular weight excluding hydrogens is 250 g/mol. The summed E-state index contributed by atoms with van der Waals surface area (Å²) in [7, 11) is 0. The lowest BCUT2D eigenvalue weighted by molar-refractivity contribution is -0.125. The number of aromatic nitrogens is 4. The summed E-state index contributed by atoms with van der Waals surface area (Å²) in [6.45, 7) is 5.01. The largest absolute Gasteiger partial charge is 0.447 e. The quantitative estimate of drug-likeness (QED) is 0.765. The van der Waals surface area contributed by atoms with Gasteiger partial charge in [0.15, 0.2) is 6.10 Å². The number of nitrogens with zero attached hydrogens (tertiary/aromatic N) is 4. The minimum atomic E-state index is -1.03. The Morgan fingerprint density at radius 1 is 1.37 bits per heavy atom. The van der Waals surface area contributed by atoms with Crippen LogP contribution in [0, 0.1) is 13.8 Å². The standard InChI is InChI=1S/C11H13N5O3/c1-5-4-6(2)16-11(13-5)14-9(15-16)10(18)19-7(3)8(12)17/h4,7H,1-3H3,(H2,12,17)/t7-/m1/s1. The second-order valence-corrected chi connectivity index (χ2v) is 4.14. The van der Waals surface area contributed by atoms with Crippen LogP contribution in [0.1, 0.15) is 28.9 Å². The number of hydrogen-bond donors (Lipinski definition) is 1. The lowest BCUT2D eigenvalue weighted by atomic mass is 10.4. The second-order valence-electron chi connectivity index (χ2n) is 4.14. The maximum Gasteiger partial charge on any atom is 0.379 e. The highest BCUT2D eigenvalue weighted by molar-refractivity contribution is 5.89. The number of hydrogen-bond acceptors (Lipinski definition) is 6. The van der Waals surface area contributed by atoms with Crippen LogP contribution in [0.15, 0.2) is 6.07 Å². The average molecular weight is 263 g/mol. The molecule has 0 aliphatic rings. The third-order valence-corrected chi connectivity index (χ3v) is 2.49. The van der Waals surface area contributed by atoms with Crippen molar-refractivity contribution in [1.29, 1.82) is 0 Å².